The number of hydrogen-bond donors (Lipinski definition) is 3. The maximum Gasteiger partial charge on any atom is 0.252 e. The van der Waals surface area contributed by atoms with Crippen molar-refractivity contribution in [3.63, 3.8) is 0 Å². The minimum Gasteiger partial charge on any atom is -0.394 e. The van der Waals surface area contributed by atoms with Crippen LogP contribution in [0.3, 0.4) is 0 Å². The molecule has 0 aliphatic heterocycles. The van der Waals surface area contributed by atoms with Crippen molar-refractivity contribution < 1.29 is 15.0 Å². The van der Waals surface area contributed by atoms with E-state index >= 15 is 0 Å². The van der Waals surface area contributed by atoms with E-state index in [1.165, 1.54) is 11.3 Å². The number of aliphatic hydroxyl groups excluding tert-OH is 2. The largest absolute Gasteiger partial charge is 0.394 e. The Balaban J connectivity index is 2.50. The Morgan fingerprint density at radius 3 is 2.69 bits per heavy atom. The lowest BCUT2D eigenvalue weighted by atomic mass is 10.2. The van der Waals surface area contributed by atoms with Crippen LogP contribution in [0.4, 0.5) is 0 Å². The van der Waals surface area contributed by atoms with Crippen LogP contribution in [0.2, 0.25) is 0 Å². The fourth-order valence-electron chi connectivity index (χ4n) is 0.811. The first-order valence-electron chi connectivity index (χ1n) is 3.82. The van der Waals surface area contributed by atoms with Gasteiger partial charge < -0.3 is 15.5 Å². The molecular formula is C8H11NO3S. The lowest BCUT2D eigenvalue weighted by molar-refractivity contribution is 0.0880. The smallest absolute Gasteiger partial charge is 0.252 e. The van der Waals surface area contributed by atoms with Crippen molar-refractivity contribution in [1.82, 2.24) is 5.32 Å². The number of thiophene rings is 1. The van der Waals surface area contributed by atoms with Crippen LogP contribution in [-0.2, 0) is 0 Å². The van der Waals surface area contributed by atoms with Crippen molar-refractivity contribution in [2.45, 2.75) is 6.04 Å². The maximum atomic E-state index is 11.3. The number of nitrogens with one attached hydrogen (secondary N) is 1. The molecule has 13 heavy (non-hydrogen) atoms. The summed E-state index contributed by atoms with van der Waals surface area (Å²) in [5, 5.41) is 23.4. The molecule has 1 aromatic heterocycles. The van der Waals surface area contributed by atoms with Gasteiger partial charge in [-0.1, -0.05) is 0 Å². The summed E-state index contributed by atoms with van der Waals surface area (Å²) in [4.78, 5) is 11.3. The number of amides is 1. The van der Waals surface area contributed by atoms with Crippen molar-refractivity contribution in [1.29, 1.82) is 0 Å². The Labute approximate surface area is 79.8 Å². The molecule has 0 saturated carbocycles. The molecule has 72 valence electrons. The predicted octanol–water partition coefficient (Wildman–Crippen LogP) is -0.169. The second kappa shape index (κ2) is 4.96. The lowest BCUT2D eigenvalue weighted by Crippen LogP contribution is -2.39. The van der Waals surface area contributed by atoms with Crippen molar-refractivity contribution in [2.75, 3.05) is 13.2 Å². The van der Waals surface area contributed by atoms with Gasteiger partial charge in [-0.15, -0.1) is 0 Å². The predicted molar refractivity (Wildman–Crippen MR) is 49.7 cm³/mol. The van der Waals surface area contributed by atoms with Crippen molar-refractivity contribution in [3.05, 3.63) is 22.4 Å². The Morgan fingerprint density at radius 1 is 1.54 bits per heavy atom. The minimum atomic E-state index is -0.576. The van der Waals surface area contributed by atoms with E-state index < -0.39 is 6.04 Å². The maximum absolute atomic E-state index is 11.3. The monoisotopic (exact) mass is 201 g/mol. The van der Waals surface area contributed by atoms with E-state index in [1.807, 2.05) is 0 Å². The molecule has 0 aliphatic carbocycles. The highest BCUT2D eigenvalue weighted by Gasteiger charge is 2.11. The Morgan fingerprint density at radius 2 is 2.23 bits per heavy atom. The molecule has 0 spiro atoms. The molecule has 0 fully saturated rings. The molecule has 0 atom stereocenters. The Bertz CT molecular complexity index is 256. The highest BCUT2D eigenvalue weighted by Crippen LogP contribution is 2.05. The second-order valence-corrected chi connectivity index (χ2v) is 3.33. The van der Waals surface area contributed by atoms with Gasteiger partial charge in [-0.2, -0.15) is 11.3 Å². The van der Waals surface area contributed by atoms with Gasteiger partial charge in [-0.05, 0) is 11.4 Å². The van der Waals surface area contributed by atoms with E-state index in [0.29, 0.717) is 5.56 Å². The van der Waals surface area contributed by atoms with Crippen LogP contribution in [-0.4, -0.2) is 35.4 Å². The molecule has 0 saturated heterocycles. The number of carbonyl (C=O) groups is 1. The normalized spacial score (nSPS) is 10.4. The zero-order valence-corrected chi connectivity index (χ0v) is 7.75. The van der Waals surface area contributed by atoms with Gasteiger partial charge in [0.2, 0.25) is 0 Å². The summed E-state index contributed by atoms with van der Waals surface area (Å²) in [6, 6.07) is 1.11. The minimum absolute atomic E-state index is 0.258. The molecule has 1 rings (SSSR count). The Hall–Kier alpha value is -0.910. The lowest BCUT2D eigenvalue weighted by Gasteiger charge is -2.11. The van der Waals surface area contributed by atoms with Gasteiger partial charge in [0.25, 0.3) is 5.91 Å². The number of hydrogen-bond acceptors (Lipinski definition) is 4. The van der Waals surface area contributed by atoms with Crippen LogP contribution in [0.5, 0.6) is 0 Å². The van der Waals surface area contributed by atoms with E-state index in [2.05, 4.69) is 5.32 Å². The topological polar surface area (TPSA) is 69.6 Å². The standard InChI is InChI=1S/C8H11NO3S/c10-3-7(4-11)9-8(12)6-1-2-13-5-6/h1-2,5,7,10-11H,3-4H2,(H,9,12). The molecule has 0 aromatic carbocycles. The molecule has 4 nitrogen and oxygen atoms in total. The van der Waals surface area contributed by atoms with Gasteiger partial charge >= 0.3 is 0 Å². The summed E-state index contributed by atoms with van der Waals surface area (Å²) in [6.07, 6.45) is 0. The first-order valence-corrected chi connectivity index (χ1v) is 4.77. The molecule has 1 heterocycles. The van der Waals surface area contributed by atoms with Crippen molar-refractivity contribution in [2.24, 2.45) is 0 Å². The summed E-state index contributed by atoms with van der Waals surface area (Å²) in [5.74, 6) is -0.269. The molecule has 0 aliphatic rings. The van der Waals surface area contributed by atoms with E-state index in [4.69, 9.17) is 10.2 Å². The van der Waals surface area contributed by atoms with Gasteiger partial charge in [0.15, 0.2) is 0 Å². The zero-order valence-electron chi connectivity index (χ0n) is 6.93. The molecule has 0 bridgehead atoms. The van der Waals surface area contributed by atoms with Crippen LogP contribution < -0.4 is 5.32 Å². The van der Waals surface area contributed by atoms with Gasteiger partial charge in [0.1, 0.15) is 0 Å². The van der Waals surface area contributed by atoms with Crippen LogP contribution >= 0.6 is 11.3 Å². The molecule has 5 heteroatoms. The molecule has 3 N–H and O–H groups in total. The van der Waals surface area contributed by atoms with E-state index in [0.717, 1.165) is 0 Å². The van der Waals surface area contributed by atoms with Crippen molar-refractivity contribution >= 4 is 17.2 Å². The average Bonchev–Trinajstić information content (AvgIpc) is 2.66. The highest BCUT2D eigenvalue weighted by molar-refractivity contribution is 7.08. The summed E-state index contributed by atoms with van der Waals surface area (Å²) in [5.41, 5.74) is 0.553. The first-order chi connectivity index (χ1) is 6.27. The first kappa shape index (κ1) is 10.2. The summed E-state index contributed by atoms with van der Waals surface area (Å²) < 4.78 is 0. The molecule has 1 amide bonds. The summed E-state index contributed by atoms with van der Waals surface area (Å²) in [7, 11) is 0. The van der Waals surface area contributed by atoms with Crippen LogP contribution in [0, 0.1) is 0 Å². The third-order valence-electron chi connectivity index (χ3n) is 1.56. The third kappa shape index (κ3) is 2.80. The van der Waals surface area contributed by atoms with Crippen LogP contribution in [0.25, 0.3) is 0 Å². The fraction of sp³-hybridized carbons (Fsp3) is 0.375. The highest BCUT2D eigenvalue weighted by atomic mass is 32.1. The van der Waals surface area contributed by atoms with E-state index in [9.17, 15) is 4.79 Å². The quantitative estimate of drug-likeness (QED) is 0.633. The number of aliphatic hydroxyl groups is 2. The van der Waals surface area contributed by atoms with E-state index in [-0.39, 0.29) is 19.1 Å². The molecule has 1 aromatic rings. The van der Waals surface area contributed by atoms with Gasteiger partial charge in [-0.25, -0.2) is 0 Å². The SMILES string of the molecule is O=C(NC(CO)CO)c1ccsc1. The molecular weight excluding hydrogens is 190 g/mol. The molecule has 0 radical (unpaired) electrons. The fourth-order valence-corrected chi connectivity index (χ4v) is 1.45. The van der Waals surface area contributed by atoms with Crippen molar-refractivity contribution in [3.8, 4) is 0 Å². The second-order valence-electron chi connectivity index (χ2n) is 2.55. The third-order valence-corrected chi connectivity index (χ3v) is 2.24. The summed E-state index contributed by atoms with van der Waals surface area (Å²) >= 11 is 1.42. The van der Waals surface area contributed by atoms with E-state index in [1.54, 1.807) is 16.8 Å². The van der Waals surface area contributed by atoms with Gasteiger partial charge in [-0.3, -0.25) is 4.79 Å². The van der Waals surface area contributed by atoms with Crippen LogP contribution in [0.1, 0.15) is 10.4 Å². The summed E-state index contributed by atoms with van der Waals surface area (Å²) in [6.45, 7) is -0.515. The van der Waals surface area contributed by atoms with Crippen LogP contribution in [0.15, 0.2) is 16.8 Å². The zero-order chi connectivity index (χ0) is 9.68. The number of rotatable bonds is 4. The average molecular weight is 201 g/mol. The van der Waals surface area contributed by atoms with Gasteiger partial charge in [0, 0.05) is 10.9 Å². The molecule has 0 unspecified atom stereocenters. The Kier molecular flexibility index (Phi) is 3.88. The van der Waals surface area contributed by atoms with Gasteiger partial charge in [0.05, 0.1) is 19.3 Å². The number of carbonyl (C=O) groups excluding carboxylic acids is 1.